The number of ether oxygens (including phenoxy) is 4. The third kappa shape index (κ3) is 12.5. The molecule has 0 bridgehead atoms. The van der Waals surface area contributed by atoms with Crippen molar-refractivity contribution in [2.75, 3.05) is 46.1 Å². The SMILES string of the molecule is COc1ccc(S(=O)(=O)N(CC(C)C)C[C@@H](O)[C@H](Cc2ccc(CNCCP(=O)(Oc3ccccc3)OC(C)C)cc2)NC(=O)O[C@H]2CO[C@H]3OCC[C@H]32)cc1. The van der Waals surface area contributed by atoms with Gasteiger partial charge in [0, 0.05) is 26.2 Å². The maximum atomic E-state index is 13.9. The van der Waals surface area contributed by atoms with Crippen LogP contribution in [0.3, 0.4) is 0 Å². The van der Waals surface area contributed by atoms with E-state index in [0.717, 1.165) is 11.1 Å². The molecule has 2 aliphatic rings. The summed E-state index contributed by atoms with van der Waals surface area (Å²) in [5, 5.41) is 17.9. The highest BCUT2D eigenvalue weighted by molar-refractivity contribution is 7.89. The van der Waals surface area contributed by atoms with E-state index in [9.17, 15) is 22.9 Å². The van der Waals surface area contributed by atoms with Crippen molar-refractivity contribution in [1.82, 2.24) is 14.9 Å². The van der Waals surface area contributed by atoms with E-state index in [2.05, 4.69) is 10.6 Å². The van der Waals surface area contributed by atoms with Gasteiger partial charge in [0.25, 0.3) is 0 Å². The van der Waals surface area contributed by atoms with Crippen molar-refractivity contribution in [3.63, 3.8) is 0 Å². The summed E-state index contributed by atoms with van der Waals surface area (Å²) in [6.07, 6.45) is -2.17. The molecule has 6 atom stereocenters. The number of hydrogen-bond donors (Lipinski definition) is 3. The Hall–Kier alpha value is -3.53. The molecular weight excluding hydrogens is 761 g/mol. The van der Waals surface area contributed by atoms with E-state index >= 15 is 0 Å². The maximum absolute atomic E-state index is 13.9. The van der Waals surface area contributed by atoms with E-state index in [4.69, 9.17) is 28.0 Å². The van der Waals surface area contributed by atoms with E-state index in [-0.39, 0.29) is 55.1 Å². The monoisotopic (exact) mass is 817 g/mol. The zero-order valence-corrected chi connectivity index (χ0v) is 34.5. The van der Waals surface area contributed by atoms with Crippen LogP contribution in [0, 0.1) is 11.8 Å². The molecule has 0 spiro atoms. The Bertz CT molecular complexity index is 1830. The van der Waals surface area contributed by atoms with Gasteiger partial charge in [-0.2, -0.15) is 4.31 Å². The number of nitrogens with zero attached hydrogens (tertiary/aromatic N) is 1. The Morgan fingerprint density at radius 3 is 2.30 bits per heavy atom. The lowest BCUT2D eigenvalue weighted by molar-refractivity contribution is -0.0907. The molecule has 0 radical (unpaired) electrons. The third-order valence-corrected chi connectivity index (χ3v) is 13.2. The van der Waals surface area contributed by atoms with Crippen molar-refractivity contribution in [3.05, 3.63) is 90.0 Å². The highest BCUT2D eigenvalue weighted by Gasteiger charge is 2.44. The minimum absolute atomic E-state index is 0.0530. The third-order valence-electron chi connectivity index (χ3n) is 9.40. The Morgan fingerprint density at radius 2 is 1.64 bits per heavy atom. The van der Waals surface area contributed by atoms with Crippen LogP contribution in [0.25, 0.3) is 0 Å². The van der Waals surface area contributed by atoms with Crippen molar-refractivity contribution in [2.45, 2.75) is 82.6 Å². The summed E-state index contributed by atoms with van der Waals surface area (Å²) >= 11 is 0. The number of fused-ring (bicyclic) bond motifs is 1. The average Bonchev–Trinajstić information content (AvgIpc) is 3.78. The van der Waals surface area contributed by atoms with Crippen molar-refractivity contribution >= 4 is 23.7 Å². The van der Waals surface area contributed by atoms with Gasteiger partial charge in [0.2, 0.25) is 10.0 Å². The summed E-state index contributed by atoms with van der Waals surface area (Å²) in [6.45, 7) is 8.87. The largest absolute Gasteiger partial charge is 0.497 e. The molecular formula is C40H56N3O11PS. The number of benzene rings is 3. The van der Waals surface area contributed by atoms with E-state index in [1.807, 2.05) is 70.2 Å². The van der Waals surface area contributed by atoms with Gasteiger partial charge in [0.1, 0.15) is 17.6 Å². The number of alkyl carbamates (subject to hydrolysis) is 1. The quantitative estimate of drug-likeness (QED) is 0.0902. The van der Waals surface area contributed by atoms with E-state index in [1.165, 1.54) is 23.5 Å². The molecule has 16 heteroatoms. The molecule has 14 nitrogen and oxygen atoms in total. The van der Waals surface area contributed by atoms with E-state index in [1.54, 1.807) is 24.3 Å². The second kappa shape index (κ2) is 20.2. The molecule has 0 aromatic heterocycles. The number of aliphatic hydroxyl groups is 1. The number of sulfonamides is 1. The van der Waals surface area contributed by atoms with Gasteiger partial charge in [-0.25, -0.2) is 17.8 Å². The van der Waals surface area contributed by atoms with Crippen molar-refractivity contribution in [3.8, 4) is 11.5 Å². The number of nitrogens with one attached hydrogen (secondary N) is 2. The van der Waals surface area contributed by atoms with Gasteiger partial charge >= 0.3 is 13.7 Å². The first kappa shape index (κ1) is 43.6. The van der Waals surface area contributed by atoms with Crippen LogP contribution in [0.5, 0.6) is 11.5 Å². The molecule has 3 aromatic carbocycles. The van der Waals surface area contributed by atoms with Gasteiger partial charge in [-0.15, -0.1) is 0 Å². The molecule has 1 amide bonds. The van der Waals surface area contributed by atoms with Crippen LogP contribution in [0.4, 0.5) is 4.79 Å². The Kier molecular flexibility index (Phi) is 15.8. The summed E-state index contributed by atoms with van der Waals surface area (Å²) in [7, 11) is -5.94. The van der Waals surface area contributed by atoms with Gasteiger partial charge in [0.15, 0.2) is 6.29 Å². The molecule has 0 aliphatic carbocycles. The normalized spacial score (nSPS) is 20.4. The fourth-order valence-electron chi connectivity index (χ4n) is 6.64. The van der Waals surface area contributed by atoms with Crippen molar-refractivity contribution in [2.24, 2.45) is 11.8 Å². The lowest BCUT2D eigenvalue weighted by atomic mass is 10.00. The summed E-state index contributed by atoms with van der Waals surface area (Å²) in [5.74, 6) is 0.868. The van der Waals surface area contributed by atoms with Gasteiger partial charge in [0.05, 0.1) is 55.5 Å². The molecule has 2 fully saturated rings. The molecule has 308 valence electrons. The molecule has 56 heavy (non-hydrogen) atoms. The minimum Gasteiger partial charge on any atom is -0.497 e. The first-order valence-electron chi connectivity index (χ1n) is 19.1. The Morgan fingerprint density at radius 1 is 0.946 bits per heavy atom. The minimum atomic E-state index is -4.02. The van der Waals surface area contributed by atoms with Crippen LogP contribution in [0.15, 0.2) is 83.8 Å². The predicted octanol–water partition coefficient (Wildman–Crippen LogP) is 5.59. The number of amides is 1. The fourth-order valence-corrected chi connectivity index (χ4v) is 10.0. The molecule has 0 saturated carbocycles. The second-order valence-corrected chi connectivity index (χ2v) is 18.8. The van der Waals surface area contributed by atoms with Crippen molar-refractivity contribution in [1.29, 1.82) is 0 Å². The van der Waals surface area contributed by atoms with Crippen LogP contribution < -0.4 is 19.9 Å². The molecule has 2 saturated heterocycles. The molecule has 3 N–H and O–H groups in total. The summed E-state index contributed by atoms with van der Waals surface area (Å²) in [5.41, 5.74) is 1.75. The van der Waals surface area contributed by atoms with Crippen molar-refractivity contribution < 1.29 is 50.9 Å². The lowest BCUT2D eigenvalue weighted by Gasteiger charge is -2.31. The number of hydrogen-bond acceptors (Lipinski definition) is 12. The first-order chi connectivity index (χ1) is 26.7. The Balaban J connectivity index is 1.25. The highest BCUT2D eigenvalue weighted by atomic mass is 32.2. The lowest BCUT2D eigenvalue weighted by Crippen LogP contribution is -2.51. The predicted molar refractivity (Wildman–Crippen MR) is 211 cm³/mol. The van der Waals surface area contributed by atoms with Crippen LogP contribution in [0.1, 0.15) is 45.2 Å². The van der Waals surface area contributed by atoms with Crippen LogP contribution in [-0.4, -0.2) is 101 Å². The van der Waals surface area contributed by atoms with Gasteiger partial charge in [-0.3, -0.25) is 4.52 Å². The van der Waals surface area contributed by atoms with Crippen LogP contribution in [0.2, 0.25) is 0 Å². The molecule has 1 unspecified atom stereocenters. The smallest absolute Gasteiger partial charge is 0.407 e. The summed E-state index contributed by atoms with van der Waals surface area (Å²) in [4.78, 5) is 13.4. The fraction of sp³-hybridized carbons (Fsp3) is 0.525. The summed E-state index contributed by atoms with van der Waals surface area (Å²) in [6, 6.07) is 21.7. The number of carbonyl (C=O) groups excluding carboxylic acids is 1. The molecule has 2 aliphatic heterocycles. The van der Waals surface area contributed by atoms with Crippen LogP contribution in [-0.2, 0) is 46.3 Å². The zero-order valence-electron chi connectivity index (χ0n) is 32.7. The van der Waals surface area contributed by atoms with E-state index < -0.39 is 48.3 Å². The number of para-hydroxylation sites is 1. The number of carbonyl (C=O) groups is 1. The topological polar surface area (TPSA) is 171 Å². The number of aliphatic hydroxyl groups excluding tert-OH is 1. The second-order valence-electron chi connectivity index (χ2n) is 14.8. The van der Waals surface area contributed by atoms with Gasteiger partial charge in [-0.1, -0.05) is 56.3 Å². The van der Waals surface area contributed by atoms with E-state index in [0.29, 0.717) is 37.6 Å². The van der Waals surface area contributed by atoms with Crippen LogP contribution >= 0.6 is 7.60 Å². The van der Waals surface area contributed by atoms with Gasteiger partial charge in [-0.05, 0) is 80.1 Å². The standard InChI is InChI=1S/C40H56N3O11PS/c1-28(2)25-43(56(47,48)34-17-15-32(49-5)16-18-34)26-37(44)36(42-40(45)52-38-27-51-39-35(38)19-21-50-39)23-30-11-13-31(14-12-30)24-41-20-22-55(46,53-29(3)4)54-33-9-7-6-8-10-33/h6-18,28-29,35-39,41,44H,19-27H2,1-5H3,(H,42,45)/t35-,36-,37+,38-,39+,55?/m0/s1. The first-order valence-corrected chi connectivity index (χ1v) is 22.2. The molecule has 2 heterocycles. The number of methoxy groups -OCH3 is 1. The van der Waals surface area contributed by atoms with Gasteiger partial charge < -0.3 is 39.2 Å². The highest BCUT2D eigenvalue weighted by Crippen LogP contribution is 2.49. The zero-order chi connectivity index (χ0) is 40.3. The average molecular weight is 818 g/mol. The Labute approximate surface area is 330 Å². The number of rotatable bonds is 21. The molecule has 5 rings (SSSR count). The summed E-state index contributed by atoms with van der Waals surface area (Å²) < 4.78 is 76.2. The maximum Gasteiger partial charge on any atom is 0.407 e. The molecule has 3 aromatic rings.